The van der Waals surface area contributed by atoms with Gasteiger partial charge in [-0.05, 0) is 12.5 Å². The van der Waals surface area contributed by atoms with Gasteiger partial charge in [0.1, 0.15) is 11.9 Å². The number of nitro groups is 1. The van der Waals surface area contributed by atoms with E-state index >= 15 is 0 Å². The van der Waals surface area contributed by atoms with Crippen molar-refractivity contribution >= 4 is 11.4 Å². The topological polar surface area (TPSA) is 103 Å². The minimum absolute atomic E-state index is 0.00901. The van der Waals surface area contributed by atoms with Gasteiger partial charge in [-0.3, -0.25) is 15.1 Å². The molecule has 2 fully saturated rings. The van der Waals surface area contributed by atoms with E-state index in [0.717, 1.165) is 13.0 Å². The van der Waals surface area contributed by atoms with Crippen molar-refractivity contribution in [1.82, 2.24) is 4.98 Å². The second-order valence-corrected chi connectivity index (χ2v) is 4.69. The zero-order valence-corrected chi connectivity index (χ0v) is 9.65. The fraction of sp³-hybridized carbons (Fsp3) is 0.545. The van der Waals surface area contributed by atoms with E-state index in [2.05, 4.69) is 10.3 Å². The van der Waals surface area contributed by atoms with E-state index in [1.54, 1.807) is 6.07 Å². The molecule has 1 saturated heterocycles. The van der Waals surface area contributed by atoms with Crippen LogP contribution in [0.2, 0.25) is 0 Å². The van der Waals surface area contributed by atoms with Crippen LogP contribution in [0.4, 0.5) is 11.4 Å². The maximum absolute atomic E-state index is 10.9. The van der Waals surface area contributed by atoms with Gasteiger partial charge in [0.05, 0.1) is 17.1 Å². The predicted molar refractivity (Wildman–Crippen MR) is 64.1 cm³/mol. The molecule has 1 aliphatic heterocycles. The zero-order valence-electron chi connectivity index (χ0n) is 9.65. The lowest BCUT2D eigenvalue weighted by Crippen LogP contribution is -2.65. The lowest BCUT2D eigenvalue weighted by Gasteiger charge is -2.45. The minimum atomic E-state index is -0.452. The van der Waals surface area contributed by atoms with E-state index in [9.17, 15) is 10.1 Å². The molecule has 0 aromatic carbocycles. The third-order valence-corrected chi connectivity index (χ3v) is 3.77. The Morgan fingerprint density at radius 2 is 2.44 bits per heavy atom. The zero-order chi connectivity index (χ0) is 12.7. The largest absolute Gasteiger partial charge is 0.376 e. The molecule has 3 N–H and O–H groups in total. The molecule has 0 bridgehead atoms. The number of anilines is 1. The molecule has 7 nitrogen and oxygen atoms in total. The second kappa shape index (κ2) is 4.18. The molecule has 2 aliphatic rings. The first-order valence-corrected chi connectivity index (χ1v) is 5.90. The number of nitrogens with one attached hydrogen (secondary N) is 1. The van der Waals surface area contributed by atoms with Gasteiger partial charge < -0.3 is 15.8 Å². The summed E-state index contributed by atoms with van der Waals surface area (Å²) in [5.74, 6) is 0.378. The molecule has 0 amide bonds. The molecular formula is C11H14N4O3. The van der Waals surface area contributed by atoms with E-state index in [1.807, 2.05) is 0 Å². The molecule has 4 atom stereocenters. The van der Waals surface area contributed by atoms with Crippen LogP contribution in [0, 0.1) is 16.0 Å². The van der Waals surface area contributed by atoms with Gasteiger partial charge in [-0.25, -0.2) is 0 Å². The van der Waals surface area contributed by atoms with Crippen molar-refractivity contribution in [2.45, 2.75) is 24.6 Å². The minimum Gasteiger partial charge on any atom is -0.376 e. The van der Waals surface area contributed by atoms with Crippen LogP contribution in [0.5, 0.6) is 0 Å². The summed E-state index contributed by atoms with van der Waals surface area (Å²) in [6.07, 6.45) is 3.81. The molecule has 1 aromatic rings. The molecule has 0 radical (unpaired) electrons. The van der Waals surface area contributed by atoms with Crippen LogP contribution in [0.1, 0.15) is 6.42 Å². The summed E-state index contributed by atoms with van der Waals surface area (Å²) in [6.45, 7) is 0.722. The van der Waals surface area contributed by atoms with Crippen LogP contribution in [0.15, 0.2) is 18.5 Å². The highest BCUT2D eigenvalue weighted by Gasteiger charge is 2.52. The summed E-state index contributed by atoms with van der Waals surface area (Å²) < 4.78 is 5.58. The first-order chi connectivity index (χ1) is 8.68. The highest BCUT2D eigenvalue weighted by atomic mass is 16.6. The third kappa shape index (κ3) is 1.63. The van der Waals surface area contributed by atoms with Gasteiger partial charge in [0.15, 0.2) is 0 Å². The van der Waals surface area contributed by atoms with Crippen molar-refractivity contribution < 1.29 is 9.66 Å². The second-order valence-electron chi connectivity index (χ2n) is 4.69. The highest BCUT2D eigenvalue weighted by molar-refractivity contribution is 5.60. The maximum Gasteiger partial charge on any atom is 0.310 e. The van der Waals surface area contributed by atoms with Crippen LogP contribution in [-0.4, -0.2) is 34.7 Å². The van der Waals surface area contributed by atoms with Gasteiger partial charge in [0.25, 0.3) is 0 Å². The van der Waals surface area contributed by atoms with Crippen LogP contribution in [-0.2, 0) is 4.74 Å². The van der Waals surface area contributed by atoms with E-state index in [1.165, 1.54) is 12.4 Å². The number of pyridine rings is 1. The predicted octanol–water partition coefficient (Wildman–Crippen LogP) is 0.516. The number of hydrogen-bond donors (Lipinski definition) is 2. The number of aromatic nitrogens is 1. The number of nitrogens with zero attached hydrogens (tertiary/aromatic N) is 2. The van der Waals surface area contributed by atoms with Crippen molar-refractivity contribution in [3.8, 4) is 0 Å². The normalized spacial score (nSPS) is 33.6. The summed E-state index contributed by atoms with van der Waals surface area (Å²) in [6, 6.07) is 1.52. The van der Waals surface area contributed by atoms with Gasteiger partial charge in [-0.15, -0.1) is 0 Å². The van der Waals surface area contributed by atoms with Crippen molar-refractivity contribution in [1.29, 1.82) is 0 Å². The van der Waals surface area contributed by atoms with Gasteiger partial charge in [-0.1, -0.05) is 0 Å². The highest BCUT2D eigenvalue weighted by Crippen LogP contribution is 2.40. The lowest BCUT2D eigenvalue weighted by molar-refractivity contribution is -0.384. The quantitative estimate of drug-likeness (QED) is 0.598. The first kappa shape index (κ1) is 11.4. The molecular weight excluding hydrogens is 236 g/mol. The Kier molecular flexibility index (Phi) is 2.64. The molecule has 1 saturated carbocycles. The molecule has 18 heavy (non-hydrogen) atoms. The van der Waals surface area contributed by atoms with Crippen molar-refractivity contribution in [2.24, 2.45) is 11.7 Å². The number of nitrogens with two attached hydrogens (primary N) is 1. The smallest absolute Gasteiger partial charge is 0.310 e. The van der Waals surface area contributed by atoms with E-state index in [0.29, 0.717) is 11.6 Å². The van der Waals surface area contributed by atoms with Crippen molar-refractivity contribution in [3.63, 3.8) is 0 Å². The fourth-order valence-electron chi connectivity index (χ4n) is 2.76. The van der Waals surface area contributed by atoms with Gasteiger partial charge >= 0.3 is 5.69 Å². The number of rotatable bonds is 3. The lowest BCUT2D eigenvalue weighted by atomic mass is 9.72. The Bertz CT molecular complexity index is 481. The van der Waals surface area contributed by atoms with Crippen LogP contribution in [0.25, 0.3) is 0 Å². The fourth-order valence-corrected chi connectivity index (χ4v) is 2.76. The first-order valence-electron chi connectivity index (χ1n) is 5.90. The SMILES string of the molecule is NC1C2CCOC2C1Nc1ccncc1[N+](=O)[O-]. The molecule has 2 heterocycles. The number of hydrogen-bond acceptors (Lipinski definition) is 6. The number of fused-ring (bicyclic) bond motifs is 1. The monoisotopic (exact) mass is 250 g/mol. The van der Waals surface area contributed by atoms with Crippen molar-refractivity contribution in [3.05, 3.63) is 28.6 Å². The van der Waals surface area contributed by atoms with Gasteiger partial charge in [0.2, 0.25) is 0 Å². The number of ether oxygens (including phenoxy) is 1. The molecule has 1 aromatic heterocycles. The van der Waals surface area contributed by atoms with E-state index in [-0.39, 0.29) is 23.9 Å². The van der Waals surface area contributed by atoms with Crippen molar-refractivity contribution in [2.75, 3.05) is 11.9 Å². The Hall–Kier alpha value is -1.73. The molecule has 96 valence electrons. The van der Waals surface area contributed by atoms with E-state index in [4.69, 9.17) is 10.5 Å². The van der Waals surface area contributed by atoms with Crippen LogP contribution >= 0.6 is 0 Å². The Morgan fingerprint density at radius 3 is 3.22 bits per heavy atom. The summed E-state index contributed by atoms with van der Waals surface area (Å²) in [5, 5.41) is 14.0. The standard InChI is InChI=1S/C11H14N4O3/c12-9-6-2-4-18-11(6)10(9)14-7-1-3-13-5-8(7)15(16)17/h1,3,5-6,9-11H,2,4,12H2,(H,13,14). The van der Waals surface area contributed by atoms with Gasteiger partial charge in [-0.2, -0.15) is 0 Å². The summed E-state index contributed by atoms with van der Waals surface area (Å²) in [7, 11) is 0. The molecule has 0 spiro atoms. The Morgan fingerprint density at radius 1 is 1.61 bits per heavy atom. The molecule has 4 unspecified atom stereocenters. The molecule has 7 heteroatoms. The van der Waals surface area contributed by atoms with Crippen LogP contribution in [0.3, 0.4) is 0 Å². The third-order valence-electron chi connectivity index (χ3n) is 3.77. The van der Waals surface area contributed by atoms with Gasteiger partial charge in [0, 0.05) is 24.8 Å². The maximum atomic E-state index is 10.9. The summed E-state index contributed by atoms with van der Waals surface area (Å²) in [4.78, 5) is 14.2. The Balaban J connectivity index is 1.79. The van der Waals surface area contributed by atoms with Crippen LogP contribution < -0.4 is 11.1 Å². The molecule has 3 rings (SSSR count). The average Bonchev–Trinajstić information content (AvgIpc) is 2.81. The summed E-state index contributed by atoms with van der Waals surface area (Å²) >= 11 is 0. The average molecular weight is 250 g/mol. The molecule has 1 aliphatic carbocycles. The van der Waals surface area contributed by atoms with E-state index < -0.39 is 4.92 Å². The Labute approximate surface area is 103 Å². The summed E-state index contributed by atoms with van der Waals surface area (Å²) in [5.41, 5.74) is 6.47.